The van der Waals surface area contributed by atoms with Crippen LogP contribution in [0.25, 0.3) is 0 Å². The van der Waals surface area contributed by atoms with E-state index in [2.05, 4.69) is 15.0 Å². The van der Waals surface area contributed by atoms with E-state index in [1.54, 1.807) is 5.38 Å². The molecule has 0 bridgehead atoms. The molecule has 1 fully saturated rings. The minimum absolute atomic E-state index is 0.0698. The van der Waals surface area contributed by atoms with Crippen molar-refractivity contribution in [1.29, 1.82) is 0 Å². The normalized spacial score (nSPS) is 16.3. The largest absolute Gasteiger partial charge is 0.465 e. The number of likely N-dealkylation sites (tertiary alicyclic amines) is 1. The lowest BCUT2D eigenvalue weighted by atomic mass is 10.2. The summed E-state index contributed by atoms with van der Waals surface area (Å²) in [5.74, 6) is 1.11. The molecule has 1 aliphatic rings. The molecule has 1 atom stereocenters. The Kier molecular flexibility index (Phi) is 5.70. The van der Waals surface area contributed by atoms with Crippen molar-refractivity contribution in [2.45, 2.75) is 32.4 Å². The number of hydrogen-bond acceptors (Lipinski definition) is 5. The van der Waals surface area contributed by atoms with Gasteiger partial charge in [0.2, 0.25) is 0 Å². The summed E-state index contributed by atoms with van der Waals surface area (Å²) in [7, 11) is 0. The zero-order chi connectivity index (χ0) is 17.8. The summed E-state index contributed by atoms with van der Waals surface area (Å²) in [6, 6.07) is 5.12. The van der Waals surface area contributed by atoms with Gasteiger partial charge >= 0.3 is 6.61 Å². The van der Waals surface area contributed by atoms with Crippen molar-refractivity contribution in [3.63, 3.8) is 0 Å². The molecule has 136 valence electrons. The van der Waals surface area contributed by atoms with Crippen LogP contribution in [0.15, 0.2) is 28.0 Å². The van der Waals surface area contributed by atoms with Gasteiger partial charge in [0.15, 0.2) is 0 Å². The third kappa shape index (κ3) is 4.38. The van der Waals surface area contributed by atoms with E-state index < -0.39 is 12.5 Å². The van der Waals surface area contributed by atoms with E-state index >= 15 is 0 Å². The minimum atomic E-state index is -2.95. The second kappa shape index (κ2) is 7.97. The van der Waals surface area contributed by atoms with Crippen LogP contribution in [-0.4, -0.2) is 37.1 Å². The number of amides is 1. The van der Waals surface area contributed by atoms with Crippen LogP contribution in [-0.2, 0) is 0 Å². The number of thiophene rings is 1. The Morgan fingerprint density at radius 1 is 1.36 bits per heavy atom. The van der Waals surface area contributed by atoms with E-state index in [0.29, 0.717) is 6.54 Å². The predicted octanol–water partition coefficient (Wildman–Crippen LogP) is 3.82. The van der Waals surface area contributed by atoms with Crippen molar-refractivity contribution in [2.75, 3.05) is 19.6 Å². The molecule has 2 aromatic heterocycles. The van der Waals surface area contributed by atoms with Crippen molar-refractivity contribution in [2.24, 2.45) is 0 Å². The predicted molar refractivity (Wildman–Crippen MR) is 90.3 cm³/mol. The summed E-state index contributed by atoms with van der Waals surface area (Å²) >= 11 is 1.08. The van der Waals surface area contributed by atoms with E-state index in [0.717, 1.165) is 48.8 Å². The summed E-state index contributed by atoms with van der Waals surface area (Å²) in [5.41, 5.74) is 0. The lowest BCUT2D eigenvalue weighted by Gasteiger charge is -2.26. The van der Waals surface area contributed by atoms with Crippen LogP contribution in [0, 0.1) is 6.92 Å². The molecule has 2 aromatic rings. The van der Waals surface area contributed by atoms with Crippen molar-refractivity contribution in [3.05, 3.63) is 40.0 Å². The molecule has 25 heavy (non-hydrogen) atoms. The molecule has 0 radical (unpaired) electrons. The number of carbonyl (C=O) groups excluding carboxylic acids is 1. The Balaban J connectivity index is 1.68. The maximum Gasteiger partial charge on any atom is 0.387 e. The zero-order valence-electron chi connectivity index (χ0n) is 13.8. The van der Waals surface area contributed by atoms with Crippen LogP contribution in [0.2, 0.25) is 0 Å². The first-order valence-electron chi connectivity index (χ1n) is 8.15. The van der Waals surface area contributed by atoms with Gasteiger partial charge in [-0.2, -0.15) is 8.78 Å². The summed E-state index contributed by atoms with van der Waals surface area (Å²) in [5, 5.41) is 4.38. The number of aryl methyl sites for hydroxylation is 1. The second-order valence-electron chi connectivity index (χ2n) is 5.91. The van der Waals surface area contributed by atoms with Crippen LogP contribution in [0.1, 0.15) is 40.1 Å². The molecule has 3 rings (SSSR count). The molecule has 8 heteroatoms. The van der Waals surface area contributed by atoms with Crippen molar-refractivity contribution < 1.29 is 22.7 Å². The van der Waals surface area contributed by atoms with Gasteiger partial charge in [-0.1, -0.05) is 0 Å². The molecule has 0 saturated carbocycles. The fourth-order valence-corrected chi connectivity index (χ4v) is 3.76. The van der Waals surface area contributed by atoms with Crippen LogP contribution < -0.4 is 10.1 Å². The molecule has 3 heterocycles. The molecule has 5 nitrogen and oxygen atoms in total. The molecule has 1 aliphatic heterocycles. The quantitative estimate of drug-likeness (QED) is 0.805. The Bertz CT molecular complexity index is 710. The standard InChI is InChI=1S/C17H20F2N2O3S/c1-11-4-5-13(23-11)12(21-7-2-3-8-21)10-20-16(22)15-14(6-9-25-15)24-17(18)19/h4-6,9,12,17H,2-3,7-8,10H2,1H3,(H,20,22). The van der Waals surface area contributed by atoms with Gasteiger partial charge < -0.3 is 14.5 Å². The van der Waals surface area contributed by atoms with E-state index in [1.807, 2.05) is 19.1 Å². The highest BCUT2D eigenvalue weighted by molar-refractivity contribution is 7.12. The molecule has 1 saturated heterocycles. The number of furan rings is 1. The van der Waals surface area contributed by atoms with Gasteiger partial charge in [-0.15, -0.1) is 11.3 Å². The van der Waals surface area contributed by atoms with Crippen molar-refractivity contribution >= 4 is 17.2 Å². The Morgan fingerprint density at radius 2 is 2.12 bits per heavy atom. The molecule has 1 unspecified atom stereocenters. The Labute approximate surface area is 148 Å². The first-order valence-corrected chi connectivity index (χ1v) is 9.03. The van der Waals surface area contributed by atoms with Gasteiger partial charge in [-0.25, -0.2) is 0 Å². The lowest BCUT2D eigenvalue weighted by molar-refractivity contribution is -0.0498. The maximum atomic E-state index is 12.4. The van der Waals surface area contributed by atoms with E-state index in [-0.39, 0.29) is 16.7 Å². The van der Waals surface area contributed by atoms with Crippen LogP contribution in [0.3, 0.4) is 0 Å². The average Bonchev–Trinajstić information content (AvgIpc) is 3.29. The minimum Gasteiger partial charge on any atom is -0.465 e. The molecular weight excluding hydrogens is 350 g/mol. The Morgan fingerprint density at radius 3 is 2.76 bits per heavy atom. The number of rotatable bonds is 7. The maximum absolute atomic E-state index is 12.4. The van der Waals surface area contributed by atoms with Crippen LogP contribution >= 0.6 is 11.3 Å². The average molecular weight is 370 g/mol. The molecule has 1 amide bonds. The van der Waals surface area contributed by atoms with Gasteiger partial charge in [-0.3, -0.25) is 9.69 Å². The molecular formula is C17H20F2N2O3S. The van der Waals surface area contributed by atoms with Gasteiger partial charge in [0.1, 0.15) is 22.1 Å². The number of carbonyl (C=O) groups is 1. The van der Waals surface area contributed by atoms with Gasteiger partial charge in [0.05, 0.1) is 6.04 Å². The summed E-state index contributed by atoms with van der Waals surface area (Å²) < 4.78 is 35.0. The number of halogens is 2. The number of alkyl halides is 2. The monoisotopic (exact) mass is 370 g/mol. The van der Waals surface area contributed by atoms with E-state index in [9.17, 15) is 13.6 Å². The van der Waals surface area contributed by atoms with Gasteiger partial charge in [0, 0.05) is 6.54 Å². The molecule has 0 spiro atoms. The van der Waals surface area contributed by atoms with E-state index in [4.69, 9.17) is 4.42 Å². The van der Waals surface area contributed by atoms with Gasteiger partial charge in [-0.05, 0) is 56.4 Å². The molecule has 1 N–H and O–H groups in total. The number of nitrogens with one attached hydrogen (secondary N) is 1. The summed E-state index contributed by atoms with van der Waals surface area (Å²) in [4.78, 5) is 14.8. The zero-order valence-corrected chi connectivity index (χ0v) is 14.7. The second-order valence-corrected chi connectivity index (χ2v) is 6.83. The number of nitrogens with zero attached hydrogens (tertiary/aromatic N) is 1. The number of ether oxygens (including phenoxy) is 1. The summed E-state index contributed by atoms with van der Waals surface area (Å²) in [6.45, 7) is 1.16. The third-order valence-electron chi connectivity index (χ3n) is 4.18. The fourth-order valence-electron chi connectivity index (χ4n) is 3.02. The summed E-state index contributed by atoms with van der Waals surface area (Å²) in [6.07, 6.45) is 2.23. The third-order valence-corrected chi connectivity index (χ3v) is 5.07. The number of hydrogen-bond donors (Lipinski definition) is 1. The molecule has 0 aromatic carbocycles. The first kappa shape index (κ1) is 17.9. The highest BCUT2D eigenvalue weighted by Crippen LogP contribution is 2.28. The van der Waals surface area contributed by atoms with Crippen molar-refractivity contribution in [1.82, 2.24) is 10.2 Å². The topological polar surface area (TPSA) is 54.7 Å². The SMILES string of the molecule is Cc1ccc(C(CNC(=O)c2sccc2OC(F)F)N2CCCC2)o1. The van der Waals surface area contributed by atoms with Crippen LogP contribution in [0.4, 0.5) is 8.78 Å². The Hall–Kier alpha value is -1.93. The van der Waals surface area contributed by atoms with E-state index in [1.165, 1.54) is 6.07 Å². The smallest absolute Gasteiger partial charge is 0.387 e. The highest BCUT2D eigenvalue weighted by Gasteiger charge is 2.27. The highest BCUT2D eigenvalue weighted by atomic mass is 32.1. The molecule has 0 aliphatic carbocycles. The first-order chi connectivity index (χ1) is 12.0. The fraction of sp³-hybridized carbons (Fsp3) is 0.471. The van der Waals surface area contributed by atoms with Gasteiger partial charge in [0.25, 0.3) is 5.91 Å². The van der Waals surface area contributed by atoms with Crippen molar-refractivity contribution in [3.8, 4) is 5.75 Å². The van der Waals surface area contributed by atoms with Crippen LogP contribution in [0.5, 0.6) is 5.75 Å². The lowest BCUT2D eigenvalue weighted by Crippen LogP contribution is -2.36.